The number of carboxylic acids is 1. The van der Waals surface area contributed by atoms with Gasteiger partial charge in [0.15, 0.2) is 0 Å². The van der Waals surface area contributed by atoms with Crippen molar-refractivity contribution in [2.75, 3.05) is 18.0 Å². The molecule has 1 aromatic carbocycles. The second-order valence-corrected chi connectivity index (χ2v) is 6.45. The van der Waals surface area contributed by atoms with Gasteiger partial charge in [0.2, 0.25) is 11.8 Å². The first-order valence-corrected chi connectivity index (χ1v) is 8.44. The number of rotatable bonds is 4. The monoisotopic (exact) mass is 330 g/mol. The summed E-state index contributed by atoms with van der Waals surface area (Å²) in [6.45, 7) is 2.86. The molecule has 0 radical (unpaired) electrons. The molecule has 3 rings (SSSR count). The molecule has 6 nitrogen and oxygen atoms in total. The summed E-state index contributed by atoms with van der Waals surface area (Å²) in [6.07, 6.45) is 2.27. The number of likely N-dealkylation sites (tertiary alicyclic amines) is 1. The quantitative estimate of drug-likeness (QED) is 0.911. The topological polar surface area (TPSA) is 77.9 Å². The number of amides is 2. The van der Waals surface area contributed by atoms with Crippen molar-refractivity contribution in [3.63, 3.8) is 0 Å². The highest BCUT2D eigenvalue weighted by atomic mass is 16.4. The van der Waals surface area contributed by atoms with Crippen LogP contribution >= 0.6 is 0 Å². The average molecular weight is 330 g/mol. The molecular weight excluding hydrogens is 308 g/mol. The Labute approximate surface area is 141 Å². The van der Waals surface area contributed by atoms with Crippen LogP contribution in [0.3, 0.4) is 0 Å². The molecule has 1 aromatic rings. The Balaban J connectivity index is 1.71. The number of carboxylic acid groups (broad SMARTS) is 1. The van der Waals surface area contributed by atoms with E-state index >= 15 is 0 Å². The van der Waals surface area contributed by atoms with Gasteiger partial charge in [-0.3, -0.25) is 9.59 Å². The van der Waals surface area contributed by atoms with Crippen molar-refractivity contribution in [3.05, 3.63) is 29.8 Å². The molecule has 2 aliphatic heterocycles. The van der Waals surface area contributed by atoms with Crippen LogP contribution in [0.15, 0.2) is 24.3 Å². The zero-order chi connectivity index (χ0) is 17.3. The van der Waals surface area contributed by atoms with E-state index in [1.807, 2.05) is 24.3 Å². The van der Waals surface area contributed by atoms with Crippen LogP contribution in [0, 0.1) is 5.92 Å². The molecule has 2 heterocycles. The maximum Gasteiger partial charge on any atom is 0.326 e. The second kappa shape index (κ2) is 6.63. The Morgan fingerprint density at radius 3 is 2.58 bits per heavy atom. The highest BCUT2D eigenvalue weighted by Crippen LogP contribution is 2.29. The normalized spacial score (nSPS) is 23.8. The summed E-state index contributed by atoms with van der Waals surface area (Å²) < 4.78 is 0. The molecule has 2 saturated heterocycles. The minimum atomic E-state index is -0.961. The van der Waals surface area contributed by atoms with E-state index in [1.165, 1.54) is 10.5 Å². The van der Waals surface area contributed by atoms with Crippen LogP contribution in [-0.2, 0) is 20.8 Å². The van der Waals surface area contributed by atoms with E-state index in [4.69, 9.17) is 0 Å². The fourth-order valence-corrected chi connectivity index (χ4v) is 3.56. The zero-order valence-corrected chi connectivity index (χ0v) is 13.8. The van der Waals surface area contributed by atoms with Gasteiger partial charge in [-0.25, -0.2) is 4.79 Å². The van der Waals surface area contributed by atoms with Gasteiger partial charge in [-0.1, -0.05) is 19.1 Å². The Kier molecular flexibility index (Phi) is 4.55. The molecule has 6 heteroatoms. The van der Waals surface area contributed by atoms with Crippen molar-refractivity contribution in [2.24, 2.45) is 5.92 Å². The summed E-state index contributed by atoms with van der Waals surface area (Å²) in [6, 6.07) is 7.03. The number of hydrogen-bond donors (Lipinski definition) is 1. The Bertz CT molecular complexity index is 655. The van der Waals surface area contributed by atoms with E-state index in [2.05, 4.69) is 6.92 Å². The fraction of sp³-hybridized carbons (Fsp3) is 0.500. The molecule has 2 amide bonds. The smallest absolute Gasteiger partial charge is 0.326 e. The van der Waals surface area contributed by atoms with Gasteiger partial charge in [0.25, 0.3) is 0 Å². The SMILES string of the molecule is CCc1ccc(N2CC(C(=O)N3CCC[C@@H]3C(=O)O)CC2=O)cc1. The largest absolute Gasteiger partial charge is 0.480 e. The van der Waals surface area contributed by atoms with E-state index < -0.39 is 17.9 Å². The van der Waals surface area contributed by atoms with Crippen molar-refractivity contribution in [3.8, 4) is 0 Å². The van der Waals surface area contributed by atoms with Crippen LogP contribution in [0.4, 0.5) is 5.69 Å². The van der Waals surface area contributed by atoms with E-state index in [-0.39, 0.29) is 18.2 Å². The third-order valence-electron chi connectivity index (χ3n) is 4.95. The maximum atomic E-state index is 12.7. The molecule has 2 atom stereocenters. The standard InChI is InChI=1S/C18H22N2O4/c1-2-12-5-7-14(8-6-12)20-11-13(10-16(20)21)17(22)19-9-3-4-15(19)18(23)24/h5-8,13,15H,2-4,9-11H2,1H3,(H,23,24)/t13?,15-/m1/s1. The first-order chi connectivity index (χ1) is 11.5. The summed E-state index contributed by atoms with van der Waals surface area (Å²) in [5, 5.41) is 9.24. The molecule has 1 unspecified atom stereocenters. The third kappa shape index (κ3) is 3.00. The molecule has 0 spiro atoms. The molecule has 2 fully saturated rings. The van der Waals surface area contributed by atoms with Gasteiger partial charge in [-0.05, 0) is 37.0 Å². The van der Waals surface area contributed by atoms with E-state index in [0.29, 0.717) is 25.9 Å². The summed E-state index contributed by atoms with van der Waals surface area (Å²) in [7, 11) is 0. The van der Waals surface area contributed by atoms with Crippen LogP contribution < -0.4 is 4.90 Å². The predicted octanol–water partition coefficient (Wildman–Crippen LogP) is 1.68. The highest BCUT2D eigenvalue weighted by Gasteiger charge is 2.42. The molecule has 0 bridgehead atoms. The van der Waals surface area contributed by atoms with Crippen molar-refractivity contribution < 1.29 is 19.5 Å². The average Bonchev–Trinajstić information content (AvgIpc) is 3.21. The number of hydrogen-bond acceptors (Lipinski definition) is 3. The Morgan fingerprint density at radius 1 is 1.25 bits per heavy atom. The van der Waals surface area contributed by atoms with Crippen LogP contribution in [0.2, 0.25) is 0 Å². The van der Waals surface area contributed by atoms with Gasteiger partial charge in [-0.15, -0.1) is 0 Å². The number of carbonyl (C=O) groups is 3. The van der Waals surface area contributed by atoms with Gasteiger partial charge in [-0.2, -0.15) is 0 Å². The highest BCUT2D eigenvalue weighted by molar-refractivity contribution is 6.00. The van der Waals surface area contributed by atoms with E-state index in [0.717, 1.165) is 12.1 Å². The van der Waals surface area contributed by atoms with Gasteiger partial charge in [0.1, 0.15) is 6.04 Å². The summed E-state index contributed by atoms with van der Waals surface area (Å²) in [4.78, 5) is 39.3. The van der Waals surface area contributed by atoms with Crippen molar-refractivity contribution in [1.82, 2.24) is 4.90 Å². The third-order valence-corrected chi connectivity index (χ3v) is 4.95. The molecule has 1 N–H and O–H groups in total. The van der Waals surface area contributed by atoms with Gasteiger partial charge in [0.05, 0.1) is 5.92 Å². The zero-order valence-electron chi connectivity index (χ0n) is 13.8. The molecule has 128 valence electrons. The minimum Gasteiger partial charge on any atom is -0.480 e. The maximum absolute atomic E-state index is 12.7. The first kappa shape index (κ1) is 16.5. The van der Waals surface area contributed by atoms with Gasteiger partial charge in [0, 0.05) is 25.2 Å². The van der Waals surface area contributed by atoms with E-state index in [1.54, 1.807) is 4.90 Å². The van der Waals surface area contributed by atoms with Crippen LogP contribution in [-0.4, -0.2) is 46.9 Å². The second-order valence-electron chi connectivity index (χ2n) is 6.45. The number of nitrogens with zero attached hydrogens (tertiary/aromatic N) is 2. The Morgan fingerprint density at radius 2 is 1.96 bits per heavy atom. The van der Waals surface area contributed by atoms with E-state index in [9.17, 15) is 19.5 Å². The fourth-order valence-electron chi connectivity index (χ4n) is 3.56. The van der Waals surface area contributed by atoms with Crippen LogP contribution in [0.1, 0.15) is 31.7 Å². The minimum absolute atomic E-state index is 0.0799. The number of anilines is 1. The lowest BCUT2D eigenvalue weighted by Crippen LogP contribution is -2.44. The molecular formula is C18H22N2O4. The lowest BCUT2D eigenvalue weighted by molar-refractivity contribution is -0.149. The summed E-state index contributed by atoms with van der Waals surface area (Å²) >= 11 is 0. The molecule has 0 aliphatic carbocycles. The predicted molar refractivity (Wildman–Crippen MR) is 88.7 cm³/mol. The molecule has 0 saturated carbocycles. The van der Waals surface area contributed by atoms with Crippen LogP contribution in [0.25, 0.3) is 0 Å². The number of benzene rings is 1. The number of aryl methyl sites for hydroxylation is 1. The van der Waals surface area contributed by atoms with Crippen molar-refractivity contribution >= 4 is 23.5 Å². The lowest BCUT2D eigenvalue weighted by Gasteiger charge is -2.24. The lowest BCUT2D eigenvalue weighted by atomic mass is 10.1. The van der Waals surface area contributed by atoms with Crippen molar-refractivity contribution in [2.45, 2.75) is 38.6 Å². The molecule has 2 aliphatic rings. The van der Waals surface area contributed by atoms with Crippen LogP contribution in [0.5, 0.6) is 0 Å². The first-order valence-electron chi connectivity index (χ1n) is 8.44. The van der Waals surface area contributed by atoms with Gasteiger partial charge < -0.3 is 14.9 Å². The molecule has 24 heavy (non-hydrogen) atoms. The van der Waals surface area contributed by atoms with Gasteiger partial charge >= 0.3 is 5.97 Å². The number of carbonyl (C=O) groups excluding carboxylic acids is 2. The summed E-state index contributed by atoms with van der Waals surface area (Å²) in [5.74, 6) is -1.70. The molecule has 0 aromatic heterocycles. The van der Waals surface area contributed by atoms with Crippen molar-refractivity contribution in [1.29, 1.82) is 0 Å². The number of aliphatic carboxylic acids is 1. The summed E-state index contributed by atoms with van der Waals surface area (Å²) in [5.41, 5.74) is 1.99. The Hall–Kier alpha value is -2.37.